The molecule has 6 nitrogen and oxygen atoms in total. The molecular weight excluding hydrogens is 461 g/mol. The van der Waals surface area contributed by atoms with Crippen LogP contribution in [0.1, 0.15) is 12.8 Å². The third kappa shape index (κ3) is 4.27. The number of sulfonamides is 1. The number of nitrogens with one attached hydrogen (secondary N) is 1. The van der Waals surface area contributed by atoms with Crippen molar-refractivity contribution in [1.29, 1.82) is 0 Å². The summed E-state index contributed by atoms with van der Waals surface area (Å²) in [5.74, 6) is -0.937. The molecule has 0 saturated carbocycles. The standard InChI is InChI=1S/C24H20FN3O3S2/c25-19-9-11-20(12-10-19)33(30,31)28-13-3-6-22(28)23(29)27-24-26-21(15-32-24)18-8-7-16-4-1-2-5-17(16)14-18/h1-2,4-5,7-12,14-15,22H,3,6,13H2,(H,26,27,29). The molecule has 33 heavy (non-hydrogen) atoms. The van der Waals surface area contributed by atoms with Gasteiger partial charge >= 0.3 is 0 Å². The summed E-state index contributed by atoms with van der Waals surface area (Å²) in [6.07, 6.45) is 0.980. The summed E-state index contributed by atoms with van der Waals surface area (Å²) in [5, 5.41) is 7.28. The number of carbonyl (C=O) groups excluding carboxylic acids is 1. The van der Waals surface area contributed by atoms with Crippen LogP contribution in [0.4, 0.5) is 9.52 Å². The van der Waals surface area contributed by atoms with Gasteiger partial charge in [0.1, 0.15) is 11.9 Å². The van der Waals surface area contributed by atoms with Crippen LogP contribution in [0.5, 0.6) is 0 Å². The minimum atomic E-state index is -3.91. The van der Waals surface area contributed by atoms with E-state index in [0.717, 1.165) is 34.2 Å². The van der Waals surface area contributed by atoms with Gasteiger partial charge in [-0.05, 0) is 53.9 Å². The molecule has 1 saturated heterocycles. The largest absolute Gasteiger partial charge is 0.301 e. The Balaban J connectivity index is 1.34. The van der Waals surface area contributed by atoms with Gasteiger partial charge in [0.15, 0.2) is 5.13 Å². The fraction of sp³-hybridized carbons (Fsp3) is 0.167. The lowest BCUT2D eigenvalue weighted by Gasteiger charge is -2.23. The molecule has 5 rings (SSSR count). The topological polar surface area (TPSA) is 79.4 Å². The van der Waals surface area contributed by atoms with E-state index in [1.165, 1.54) is 27.8 Å². The fourth-order valence-corrected chi connectivity index (χ4v) is 6.41. The van der Waals surface area contributed by atoms with Gasteiger partial charge in [0.2, 0.25) is 15.9 Å². The quantitative estimate of drug-likeness (QED) is 0.440. The third-order valence-corrected chi connectivity index (χ3v) is 8.39. The highest BCUT2D eigenvalue weighted by Gasteiger charge is 2.39. The van der Waals surface area contributed by atoms with Gasteiger partial charge < -0.3 is 5.32 Å². The molecule has 1 amide bonds. The maximum atomic E-state index is 13.2. The Hall–Kier alpha value is -3.14. The van der Waals surface area contributed by atoms with E-state index in [-0.39, 0.29) is 11.4 Å². The number of carbonyl (C=O) groups is 1. The van der Waals surface area contributed by atoms with Crippen molar-refractivity contribution in [2.75, 3.05) is 11.9 Å². The maximum Gasteiger partial charge on any atom is 0.244 e. The number of anilines is 1. The van der Waals surface area contributed by atoms with Gasteiger partial charge in [-0.15, -0.1) is 11.3 Å². The Labute approximate surface area is 194 Å². The second-order valence-corrected chi connectivity index (χ2v) is 10.6. The van der Waals surface area contributed by atoms with Crippen molar-refractivity contribution in [3.8, 4) is 11.3 Å². The molecule has 3 aromatic carbocycles. The van der Waals surface area contributed by atoms with E-state index in [1.54, 1.807) is 0 Å². The summed E-state index contributed by atoms with van der Waals surface area (Å²) in [6, 6.07) is 17.9. The van der Waals surface area contributed by atoms with Crippen molar-refractivity contribution >= 4 is 43.2 Å². The van der Waals surface area contributed by atoms with Gasteiger partial charge in [0.25, 0.3) is 0 Å². The zero-order valence-corrected chi connectivity index (χ0v) is 19.1. The lowest BCUT2D eigenvalue weighted by Crippen LogP contribution is -2.43. The molecule has 168 valence electrons. The third-order valence-electron chi connectivity index (χ3n) is 5.71. The van der Waals surface area contributed by atoms with Crippen LogP contribution in [0.25, 0.3) is 22.0 Å². The number of hydrogen-bond donors (Lipinski definition) is 1. The van der Waals surface area contributed by atoms with Gasteiger partial charge in [0.05, 0.1) is 10.6 Å². The molecular formula is C24H20FN3O3S2. The summed E-state index contributed by atoms with van der Waals surface area (Å²) >= 11 is 1.29. The van der Waals surface area contributed by atoms with Gasteiger partial charge in [-0.1, -0.05) is 36.4 Å². The van der Waals surface area contributed by atoms with Crippen LogP contribution in [0.15, 0.2) is 77.0 Å². The molecule has 1 aliphatic heterocycles. The highest BCUT2D eigenvalue weighted by atomic mass is 32.2. The second kappa shape index (κ2) is 8.66. The number of fused-ring (bicyclic) bond motifs is 1. The second-order valence-electron chi connectivity index (χ2n) is 7.82. The number of benzene rings is 3. The number of nitrogens with zero attached hydrogens (tertiary/aromatic N) is 2. The van der Waals surface area contributed by atoms with Gasteiger partial charge in [-0.2, -0.15) is 4.31 Å². The van der Waals surface area contributed by atoms with Crippen LogP contribution in [0.3, 0.4) is 0 Å². The fourth-order valence-electron chi connectivity index (χ4n) is 4.03. The van der Waals surface area contributed by atoms with E-state index < -0.39 is 27.8 Å². The van der Waals surface area contributed by atoms with Crippen molar-refractivity contribution in [3.05, 3.63) is 77.9 Å². The van der Waals surface area contributed by atoms with E-state index >= 15 is 0 Å². The Kier molecular flexibility index (Phi) is 5.69. The van der Waals surface area contributed by atoms with Crippen LogP contribution in [-0.2, 0) is 14.8 Å². The summed E-state index contributed by atoms with van der Waals surface area (Å²) in [5.41, 5.74) is 1.68. The van der Waals surface area contributed by atoms with Crippen LogP contribution in [0, 0.1) is 5.82 Å². The lowest BCUT2D eigenvalue weighted by atomic mass is 10.1. The Morgan fingerprint density at radius 1 is 1.06 bits per heavy atom. The molecule has 0 bridgehead atoms. The minimum absolute atomic E-state index is 0.0311. The predicted octanol–water partition coefficient (Wildman–Crippen LogP) is 4.89. The molecule has 4 aromatic rings. The molecule has 0 spiro atoms. The van der Waals surface area contributed by atoms with Crippen LogP contribution >= 0.6 is 11.3 Å². The molecule has 9 heteroatoms. The van der Waals surface area contributed by atoms with Crippen LogP contribution in [0.2, 0.25) is 0 Å². The number of amides is 1. The smallest absolute Gasteiger partial charge is 0.244 e. The summed E-state index contributed by atoms with van der Waals surface area (Å²) in [7, 11) is -3.91. The van der Waals surface area contributed by atoms with Crippen molar-refractivity contribution in [1.82, 2.24) is 9.29 Å². The summed E-state index contributed by atoms with van der Waals surface area (Å²) < 4.78 is 40.4. The zero-order chi connectivity index (χ0) is 23.0. The molecule has 0 aliphatic carbocycles. The molecule has 1 aliphatic rings. The Morgan fingerprint density at radius 3 is 2.61 bits per heavy atom. The Morgan fingerprint density at radius 2 is 1.82 bits per heavy atom. The monoisotopic (exact) mass is 481 g/mol. The van der Waals surface area contributed by atoms with Crippen LogP contribution < -0.4 is 5.32 Å². The number of thiazole rings is 1. The van der Waals surface area contributed by atoms with E-state index in [1.807, 2.05) is 47.8 Å². The molecule has 1 N–H and O–H groups in total. The van der Waals surface area contributed by atoms with Crippen LogP contribution in [-0.4, -0.2) is 36.2 Å². The van der Waals surface area contributed by atoms with Gasteiger partial charge in [0, 0.05) is 17.5 Å². The lowest BCUT2D eigenvalue weighted by molar-refractivity contribution is -0.119. The molecule has 1 unspecified atom stereocenters. The predicted molar refractivity (Wildman–Crippen MR) is 127 cm³/mol. The first-order valence-corrected chi connectivity index (χ1v) is 12.8. The molecule has 2 heterocycles. The average Bonchev–Trinajstić information content (AvgIpc) is 3.49. The Bertz CT molecular complexity index is 1430. The van der Waals surface area contributed by atoms with Crippen molar-refractivity contribution in [2.45, 2.75) is 23.8 Å². The highest BCUT2D eigenvalue weighted by Crippen LogP contribution is 2.30. The number of hydrogen-bond acceptors (Lipinski definition) is 5. The van der Waals surface area contributed by atoms with Gasteiger partial charge in [-0.3, -0.25) is 4.79 Å². The first-order valence-electron chi connectivity index (χ1n) is 10.4. The number of halogens is 1. The maximum absolute atomic E-state index is 13.2. The number of aromatic nitrogens is 1. The van der Waals surface area contributed by atoms with E-state index in [9.17, 15) is 17.6 Å². The highest BCUT2D eigenvalue weighted by molar-refractivity contribution is 7.89. The van der Waals surface area contributed by atoms with Crippen molar-refractivity contribution in [3.63, 3.8) is 0 Å². The normalized spacial score (nSPS) is 16.8. The van der Waals surface area contributed by atoms with Crippen molar-refractivity contribution < 1.29 is 17.6 Å². The zero-order valence-electron chi connectivity index (χ0n) is 17.4. The first-order chi connectivity index (χ1) is 15.9. The summed E-state index contributed by atoms with van der Waals surface area (Å²) in [4.78, 5) is 17.5. The van der Waals surface area contributed by atoms with E-state index in [4.69, 9.17) is 0 Å². The van der Waals surface area contributed by atoms with Crippen molar-refractivity contribution in [2.24, 2.45) is 0 Å². The SMILES string of the molecule is O=C(Nc1nc(-c2ccc3ccccc3c2)cs1)C1CCCN1S(=O)(=O)c1ccc(F)cc1. The molecule has 1 fully saturated rings. The summed E-state index contributed by atoms with van der Waals surface area (Å²) in [6.45, 7) is 0.234. The molecule has 1 atom stereocenters. The molecule has 1 aromatic heterocycles. The minimum Gasteiger partial charge on any atom is -0.301 e. The van der Waals surface area contributed by atoms with Gasteiger partial charge in [-0.25, -0.2) is 17.8 Å². The first kappa shape index (κ1) is 21.7. The molecule has 0 radical (unpaired) electrons. The van der Waals surface area contributed by atoms with E-state index in [2.05, 4.69) is 10.3 Å². The number of rotatable bonds is 5. The average molecular weight is 482 g/mol. The van der Waals surface area contributed by atoms with E-state index in [0.29, 0.717) is 18.0 Å².